The van der Waals surface area contributed by atoms with Gasteiger partial charge in [0, 0.05) is 24.1 Å². The SMILES string of the molecule is COc1ccc(C(C)(C)C)cc1CN[C@H]1[C@H](C(C)(C)C)[C@@H](C(=O)O)N(C(=O)O[C@H]2C[C@@H](C)CC[C@@H]2C(C)C)[C@H]1c1ccccc1. The van der Waals surface area contributed by atoms with Crippen LogP contribution in [-0.2, 0) is 21.5 Å². The number of nitrogens with one attached hydrogen (secondary N) is 1. The molecule has 1 heterocycles. The van der Waals surface area contributed by atoms with Gasteiger partial charge < -0.3 is 19.9 Å². The van der Waals surface area contributed by atoms with Crippen LogP contribution in [0, 0.1) is 29.1 Å². The molecule has 7 heteroatoms. The van der Waals surface area contributed by atoms with Gasteiger partial charge in [0.15, 0.2) is 0 Å². The minimum atomic E-state index is -1.07. The van der Waals surface area contributed by atoms with Crippen molar-refractivity contribution in [3.05, 3.63) is 65.2 Å². The third-order valence-electron chi connectivity index (χ3n) is 10.2. The zero-order chi connectivity index (χ0) is 33.3. The summed E-state index contributed by atoms with van der Waals surface area (Å²) in [4.78, 5) is 29.2. The number of rotatable bonds is 8. The molecular formula is C38H56N2O5. The molecule has 4 rings (SSSR count). The lowest BCUT2D eigenvalue weighted by Gasteiger charge is -2.39. The molecular weight excluding hydrogens is 564 g/mol. The van der Waals surface area contributed by atoms with Crippen LogP contribution in [0.15, 0.2) is 48.5 Å². The molecule has 1 amide bonds. The van der Waals surface area contributed by atoms with Gasteiger partial charge in [-0.25, -0.2) is 9.59 Å². The Labute approximate surface area is 271 Å². The monoisotopic (exact) mass is 620 g/mol. The first-order valence-electron chi connectivity index (χ1n) is 16.7. The number of carbonyl (C=O) groups is 2. The Hall–Kier alpha value is -3.06. The van der Waals surface area contributed by atoms with Gasteiger partial charge in [0.25, 0.3) is 0 Å². The molecule has 1 aliphatic carbocycles. The molecule has 2 N–H and O–H groups in total. The normalized spacial score (nSPS) is 27.4. The number of likely N-dealkylation sites (tertiary alicyclic amines) is 1. The number of methoxy groups -OCH3 is 1. The van der Waals surface area contributed by atoms with E-state index in [9.17, 15) is 14.7 Å². The van der Waals surface area contributed by atoms with Gasteiger partial charge in [0.1, 0.15) is 17.9 Å². The van der Waals surface area contributed by atoms with Gasteiger partial charge in [-0.3, -0.25) is 4.90 Å². The summed E-state index contributed by atoms with van der Waals surface area (Å²) in [5.74, 6) is 0.421. The van der Waals surface area contributed by atoms with E-state index in [0.717, 1.165) is 36.1 Å². The van der Waals surface area contributed by atoms with Crippen LogP contribution in [0.3, 0.4) is 0 Å². The van der Waals surface area contributed by atoms with Crippen molar-refractivity contribution in [3.63, 3.8) is 0 Å². The molecule has 0 bridgehead atoms. The number of carboxylic acid groups (broad SMARTS) is 1. The Morgan fingerprint density at radius 2 is 1.69 bits per heavy atom. The van der Waals surface area contributed by atoms with Crippen LogP contribution in [0.2, 0.25) is 0 Å². The standard InChI is InChI=1S/C38H56N2O5/c1-23(2)28-18-16-24(3)20-30(28)45-36(43)40-33(25-14-12-11-13-15-25)32(31(38(7,8)9)34(40)35(41)42)39-22-26-21-27(37(4,5)6)17-19-29(26)44-10/h11-15,17,19,21,23-24,28,30-34,39H,16,18,20,22H2,1-10H3,(H,41,42)/t24-,28+,30-,31-,32-,33-,34-/m0/s1. The maximum absolute atomic E-state index is 14.4. The van der Waals surface area contributed by atoms with Crippen LogP contribution in [0.4, 0.5) is 4.79 Å². The number of ether oxygens (including phenoxy) is 2. The second-order valence-electron chi connectivity index (χ2n) is 15.9. The maximum atomic E-state index is 14.4. The number of nitrogens with zero attached hydrogens (tertiary/aromatic N) is 1. The summed E-state index contributed by atoms with van der Waals surface area (Å²) in [6, 6.07) is 14.1. The van der Waals surface area contributed by atoms with E-state index in [1.807, 2.05) is 36.4 Å². The van der Waals surface area contributed by atoms with Crippen molar-refractivity contribution < 1.29 is 24.2 Å². The Kier molecular flexibility index (Phi) is 10.6. The molecule has 7 nitrogen and oxygen atoms in total. The van der Waals surface area contributed by atoms with Crippen LogP contribution in [-0.4, -0.2) is 47.4 Å². The number of carboxylic acids is 1. The number of amides is 1. The van der Waals surface area contributed by atoms with Crippen LogP contribution < -0.4 is 10.1 Å². The molecule has 2 aromatic rings. The fourth-order valence-electron chi connectivity index (χ4n) is 7.73. The first-order chi connectivity index (χ1) is 21.0. The van der Waals surface area contributed by atoms with E-state index in [0.29, 0.717) is 18.4 Å². The van der Waals surface area contributed by atoms with Gasteiger partial charge >= 0.3 is 12.1 Å². The van der Waals surface area contributed by atoms with Gasteiger partial charge in [0.05, 0.1) is 13.2 Å². The molecule has 7 atom stereocenters. The first kappa shape index (κ1) is 34.8. The molecule has 2 aromatic carbocycles. The van der Waals surface area contributed by atoms with E-state index in [1.165, 1.54) is 5.56 Å². The molecule has 1 saturated carbocycles. The van der Waals surface area contributed by atoms with Gasteiger partial charge in [-0.15, -0.1) is 0 Å². The summed E-state index contributed by atoms with van der Waals surface area (Å²) >= 11 is 0. The van der Waals surface area contributed by atoms with E-state index in [-0.39, 0.29) is 23.5 Å². The average Bonchev–Trinajstić information content (AvgIpc) is 3.32. The maximum Gasteiger partial charge on any atom is 0.411 e. The van der Waals surface area contributed by atoms with Crippen molar-refractivity contribution >= 4 is 12.1 Å². The summed E-state index contributed by atoms with van der Waals surface area (Å²) in [5.41, 5.74) is 2.58. The van der Waals surface area contributed by atoms with Crippen molar-refractivity contribution in [2.24, 2.45) is 29.1 Å². The number of hydrogen-bond donors (Lipinski definition) is 2. The third-order valence-corrected chi connectivity index (χ3v) is 10.2. The van der Waals surface area contributed by atoms with E-state index >= 15 is 0 Å². The van der Waals surface area contributed by atoms with E-state index in [2.05, 4.69) is 79.8 Å². The van der Waals surface area contributed by atoms with Gasteiger partial charge in [-0.05, 0) is 58.6 Å². The highest BCUT2D eigenvalue weighted by Crippen LogP contribution is 2.49. The molecule has 2 aliphatic rings. The number of aliphatic carboxylic acids is 1. The number of benzene rings is 2. The largest absolute Gasteiger partial charge is 0.496 e. The Morgan fingerprint density at radius 3 is 2.24 bits per heavy atom. The molecule has 1 aliphatic heterocycles. The van der Waals surface area contributed by atoms with Crippen molar-refractivity contribution in [2.75, 3.05) is 7.11 Å². The van der Waals surface area contributed by atoms with Crippen LogP contribution >= 0.6 is 0 Å². The van der Waals surface area contributed by atoms with E-state index in [4.69, 9.17) is 9.47 Å². The minimum Gasteiger partial charge on any atom is -0.496 e. The second kappa shape index (κ2) is 13.7. The highest BCUT2D eigenvalue weighted by atomic mass is 16.6. The second-order valence-corrected chi connectivity index (χ2v) is 15.9. The summed E-state index contributed by atoms with van der Waals surface area (Å²) in [6.45, 7) is 19.8. The van der Waals surface area contributed by atoms with Gasteiger partial charge in [-0.2, -0.15) is 0 Å². The quantitative estimate of drug-likeness (QED) is 0.309. The molecule has 45 heavy (non-hydrogen) atoms. The van der Waals surface area contributed by atoms with Crippen molar-refractivity contribution in [1.82, 2.24) is 10.2 Å². The smallest absolute Gasteiger partial charge is 0.411 e. The molecule has 0 spiro atoms. The van der Waals surface area contributed by atoms with E-state index < -0.39 is 35.5 Å². The minimum absolute atomic E-state index is 0.0473. The number of hydrogen-bond acceptors (Lipinski definition) is 5. The van der Waals surface area contributed by atoms with Crippen LogP contribution in [0.1, 0.15) is 104 Å². The third kappa shape index (κ3) is 7.67. The zero-order valence-electron chi connectivity index (χ0n) is 29.1. The fourth-order valence-corrected chi connectivity index (χ4v) is 7.73. The predicted molar refractivity (Wildman–Crippen MR) is 179 cm³/mol. The average molecular weight is 621 g/mol. The van der Waals surface area contributed by atoms with Crippen molar-refractivity contribution in [1.29, 1.82) is 0 Å². The van der Waals surface area contributed by atoms with Crippen LogP contribution in [0.5, 0.6) is 5.75 Å². The first-order valence-corrected chi connectivity index (χ1v) is 16.7. The molecule has 0 radical (unpaired) electrons. The van der Waals surface area contributed by atoms with Gasteiger partial charge in [-0.1, -0.05) is 111 Å². The van der Waals surface area contributed by atoms with Crippen LogP contribution in [0.25, 0.3) is 0 Å². The lowest BCUT2D eigenvalue weighted by atomic mass is 9.72. The molecule has 0 aromatic heterocycles. The summed E-state index contributed by atoms with van der Waals surface area (Å²) in [6.07, 6.45) is 2.14. The molecule has 248 valence electrons. The van der Waals surface area contributed by atoms with E-state index in [1.54, 1.807) is 12.0 Å². The lowest BCUT2D eigenvalue weighted by molar-refractivity contribution is -0.145. The van der Waals surface area contributed by atoms with Crippen molar-refractivity contribution in [2.45, 2.75) is 118 Å². The fraction of sp³-hybridized carbons (Fsp3) is 0.632. The molecule has 1 saturated heterocycles. The summed E-state index contributed by atoms with van der Waals surface area (Å²) < 4.78 is 12.1. The Bertz CT molecular complexity index is 1310. The summed E-state index contributed by atoms with van der Waals surface area (Å²) in [7, 11) is 1.67. The van der Waals surface area contributed by atoms with Crippen molar-refractivity contribution in [3.8, 4) is 5.75 Å². The van der Waals surface area contributed by atoms with Gasteiger partial charge in [0.2, 0.25) is 0 Å². The topological polar surface area (TPSA) is 88.1 Å². The Balaban J connectivity index is 1.79. The Morgan fingerprint density at radius 1 is 1.02 bits per heavy atom. The summed E-state index contributed by atoms with van der Waals surface area (Å²) in [5, 5.41) is 14.6. The predicted octanol–water partition coefficient (Wildman–Crippen LogP) is 8.22. The highest BCUT2D eigenvalue weighted by Gasteiger charge is 2.59. The molecule has 0 unspecified atom stereocenters. The number of carbonyl (C=O) groups excluding carboxylic acids is 1. The zero-order valence-corrected chi connectivity index (χ0v) is 29.1. The molecule has 2 fully saturated rings. The highest BCUT2D eigenvalue weighted by molar-refractivity contribution is 5.82. The lowest BCUT2D eigenvalue weighted by Crippen LogP contribution is -2.49.